The summed E-state index contributed by atoms with van der Waals surface area (Å²) in [4.78, 5) is 30.7. The second-order valence-electron chi connectivity index (χ2n) is 9.29. The molecule has 2 heterocycles. The van der Waals surface area contributed by atoms with Crippen molar-refractivity contribution in [2.24, 2.45) is 0 Å². The molecule has 2 aliphatic rings. The van der Waals surface area contributed by atoms with Crippen molar-refractivity contribution in [3.05, 3.63) is 95.6 Å². The van der Waals surface area contributed by atoms with Gasteiger partial charge in [0, 0.05) is 32.7 Å². The molecule has 0 unspecified atom stereocenters. The molecule has 2 aliphatic heterocycles. The Morgan fingerprint density at radius 1 is 0.838 bits per heavy atom. The van der Waals surface area contributed by atoms with Gasteiger partial charge in [-0.3, -0.25) is 14.5 Å². The predicted molar refractivity (Wildman–Crippen MR) is 138 cm³/mol. The van der Waals surface area contributed by atoms with Gasteiger partial charge in [0.1, 0.15) is 6.04 Å². The second-order valence-corrected chi connectivity index (χ2v) is 9.29. The zero-order valence-electron chi connectivity index (χ0n) is 20.6. The molecule has 192 valence electrons. The van der Waals surface area contributed by atoms with Crippen LogP contribution in [0.15, 0.2) is 78.9 Å². The molecule has 0 saturated carbocycles. The number of carbonyl (C=O) groups excluding carboxylic acids is 2. The molecule has 2 amide bonds. The summed E-state index contributed by atoms with van der Waals surface area (Å²) in [5, 5.41) is 12.8. The van der Waals surface area contributed by atoms with Gasteiger partial charge in [0.05, 0.1) is 12.5 Å². The molecule has 0 radical (unpaired) electrons. The number of fused-ring (bicyclic) bond motifs is 1. The first kappa shape index (κ1) is 24.8. The minimum atomic E-state index is -0.997. The average Bonchev–Trinajstić information content (AvgIpc) is 3.41. The van der Waals surface area contributed by atoms with Crippen LogP contribution in [-0.2, 0) is 16.1 Å². The van der Waals surface area contributed by atoms with Crippen LogP contribution in [0.3, 0.4) is 0 Å². The second kappa shape index (κ2) is 11.5. The topological polar surface area (TPSA) is 91.3 Å². The van der Waals surface area contributed by atoms with Gasteiger partial charge in [-0.05, 0) is 28.8 Å². The largest absolute Gasteiger partial charge is 0.454 e. The van der Waals surface area contributed by atoms with Crippen molar-refractivity contribution in [3.8, 4) is 11.5 Å². The maximum absolute atomic E-state index is 13.4. The zero-order chi connectivity index (χ0) is 25.6. The minimum Gasteiger partial charge on any atom is -0.454 e. The van der Waals surface area contributed by atoms with Crippen molar-refractivity contribution in [1.82, 2.24) is 15.1 Å². The van der Waals surface area contributed by atoms with Crippen LogP contribution in [0.2, 0.25) is 0 Å². The van der Waals surface area contributed by atoms with Crippen LogP contribution in [0.25, 0.3) is 0 Å². The number of hydrogen-bond acceptors (Lipinski definition) is 6. The molecule has 8 heteroatoms. The van der Waals surface area contributed by atoms with Crippen LogP contribution < -0.4 is 14.8 Å². The number of amides is 2. The average molecular weight is 502 g/mol. The van der Waals surface area contributed by atoms with Crippen LogP contribution >= 0.6 is 0 Å². The molecule has 1 saturated heterocycles. The van der Waals surface area contributed by atoms with Crippen LogP contribution in [0.1, 0.15) is 22.6 Å². The Hall–Kier alpha value is -3.88. The van der Waals surface area contributed by atoms with Crippen molar-refractivity contribution in [2.75, 3.05) is 39.6 Å². The Kier molecular flexibility index (Phi) is 7.67. The highest BCUT2D eigenvalue weighted by atomic mass is 16.7. The number of ether oxygens (including phenoxy) is 2. The first-order valence-corrected chi connectivity index (χ1v) is 12.5. The number of hydrogen-bond donors (Lipinski definition) is 2. The molecule has 3 aromatic carbocycles. The smallest absolute Gasteiger partial charge is 0.247 e. The molecule has 0 bridgehead atoms. The Labute approximate surface area is 216 Å². The van der Waals surface area contributed by atoms with E-state index in [1.807, 2.05) is 78.9 Å². The van der Waals surface area contributed by atoms with Crippen molar-refractivity contribution < 1.29 is 24.2 Å². The number of nitrogens with zero attached hydrogens (tertiary/aromatic N) is 2. The first-order valence-electron chi connectivity index (χ1n) is 12.5. The lowest BCUT2D eigenvalue weighted by molar-refractivity contribution is -0.139. The van der Waals surface area contributed by atoms with E-state index in [9.17, 15) is 14.7 Å². The molecule has 37 heavy (non-hydrogen) atoms. The monoisotopic (exact) mass is 501 g/mol. The van der Waals surface area contributed by atoms with Crippen molar-refractivity contribution in [1.29, 1.82) is 0 Å². The van der Waals surface area contributed by atoms with Gasteiger partial charge in [0.15, 0.2) is 11.5 Å². The molecule has 0 spiro atoms. The van der Waals surface area contributed by atoms with Crippen LogP contribution in [0.5, 0.6) is 11.5 Å². The number of rotatable bonds is 8. The molecular weight excluding hydrogens is 470 g/mol. The third kappa shape index (κ3) is 5.76. The molecule has 8 nitrogen and oxygen atoms in total. The molecule has 0 aliphatic carbocycles. The van der Waals surface area contributed by atoms with E-state index >= 15 is 0 Å². The fraction of sp³-hybridized carbons (Fsp3) is 0.310. The number of nitrogens with one attached hydrogen (secondary N) is 1. The van der Waals surface area contributed by atoms with Crippen molar-refractivity contribution >= 4 is 11.8 Å². The quantitative estimate of drug-likeness (QED) is 0.493. The van der Waals surface area contributed by atoms with E-state index in [-0.39, 0.29) is 18.6 Å². The lowest BCUT2D eigenvalue weighted by Gasteiger charge is -2.36. The van der Waals surface area contributed by atoms with E-state index in [4.69, 9.17) is 9.47 Å². The third-order valence-electron chi connectivity index (χ3n) is 6.85. The van der Waals surface area contributed by atoms with Gasteiger partial charge in [-0.25, -0.2) is 0 Å². The summed E-state index contributed by atoms with van der Waals surface area (Å²) in [6, 6.07) is 23.9. The standard InChI is InChI=1S/C29H31N3O5/c33-19-24(30-28(34)27(22-7-3-1-4-8-22)23-9-5-2-6-10-23)29(35)32-15-13-31(14-16-32)18-21-11-12-25-26(17-21)37-20-36-25/h1-12,17,24,27,33H,13-16,18-20H2,(H,30,34)/t24-/m0/s1. The number of benzene rings is 3. The van der Waals surface area contributed by atoms with E-state index in [1.54, 1.807) is 4.90 Å². The highest BCUT2D eigenvalue weighted by molar-refractivity contribution is 5.92. The summed E-state index contributed by atoms with van der Waals surface area (Å²) < 4.78 is 10.8. The molecular formula is C29H31N3O5. The number of piperazine rings is 1. The van der Waals surface area contributed by atoms with Gasteiger partial charge in [0.25, 0.3) is 0 Å². The fourth-order valence-corrected chi connectivity index (χ4v) is 4.87. The Bertz CT molecular complexity index is 1170. The van der Waals surface area contributed by atoms with Crippen molar-refractivity contribution in [2.45, 2.75) is 18.5 Å². The number of carbonyl (C=O) groups is 2. The summed E-state index contributed by atoms with van der Waals surface area (Å²) in [5.41, 5.74) is 2.78. The van der Waals surface area contributed by atoms with Crippen molar-refractivity contribution in [3.63, 3.8) is 0 Å². The maximum atomic E-state index is 13.4. The lowest BCUT2D eigenvalue weighted by Crippen LogP contribution is -2.56. The zero-order valence-corrected chi connectivity index (χ0v) is 20.6. The molecule has 5 rings (SSSR count). The van der Waals surface area contributed by atoms with Gasteiger partial charge in [-0.2, -0.15) is 0 Å². The molecule has 1 atom stereocenters. The van der Waals surface area contributed by atoms with Gasteiger partial charge < -0.3 is 24.8 Å². The normalized spacial score (nSPS) is 16.0. The highest BCUT2D eigenvalue weighted by Gasteiger charge is 2.31. The van der Waals surface area contributed by atoms with Crippen LogP contribution in [-0.4, -0.2) is 72.3 Å². The predicted octanol–water partition coefficient (Wildman–Crippen LogP) is 2.37. The van der Waals surface area contributed by atoms with Gasteiger partial charge >= 0.3 is 0 Å². The molecule has 0 aromatic heterocycles. The van der Waals surface area contributed by atoms with E-state index in [2.05, 4.69) is 10.2 Å². The highest BCUT2D eigenvalue weighted by Crippen LogP contribution is 2.33. The summed E-state index contributed by atoms with van der Waals surface area (Å²) in [6.45, 7) is 2.98. The number of aliphatic hydroxyl groups excluding tert-OH is 1. The van der Waals surface area contributed by atoms with E-state index in [0.717, 1.165) is 34.7 Å². The fourth-order valence-electron chi connectivity index (χ4n) is 4.87. The lowest BCUT2D eigenvalue weighted by atomic mass is 9.90. The summed E-state index contributed by atoms with van der Waals surface area (Å²) in [5.74, 6) is 0.364. The molecule has 1 fully saturated rings. The van der Waals surface area contributed by atoms with Gasteiger partial charge in [-0.15, -0.1) is 0 Å². The Morgan fingerprint density at radius 3 is 2.08 bits per heavy atom. The van der Waals surface area contributed by atoms with Gasteiger partial charge in [-0.1, -0.05) is 66.7 Å². The van der Waals surface area contributed by atoms with E-state index in [0.29, 0.717) is 26.2 Å². The van der Waals surface area contributed by atoms with Crippen LogP contribution in [0, 0.1) is 0 Å². The third-order valence-corrected chi connectivity index (χ3v) is 6.85. The van der Waals surface area contributed by atoms with Crippen LogP contribution in [0.4, 0.5) is 0 Å². The van der Waals surface area contributed by atoms with E-state index < -0.39 is 18.6 Å². The molecule has 2 N–H and O–H groups in total. The number of aliphatic hydroxyl groups is 1. The Balaban J connectivity index is 1.20. The minimum absolute atomic E-state index is 0.250. The SMILES string of the molecule is O=C(N[C@@H](CO)C(=O)N1CCN(Cc2ccc3c(c2)OCO3)CC1)C(c1ccccc1)c1ccccc1. The molecule has 3 aromatic rings. The summed E-state index contributed by atoms with van der Waals surface area (Å²) >= 11 is 0. The van der Waals surface area contributed by atoms with Gasteiger partial charge in [0.2, 0.25) is 18.6 Å². The summed E-state index contributed by atoms with van der Waals surface area (Å²) in [6.07, 6.45) is 0. The summed E-state index contributed by atoms with van der Waals surface area (Å²) in [7, 11) is 0. The van der Waals surface area contributed by atoms with E-state index in [1.165, 1.54) is 0 Å². The Morgan fingerprint density at radius 2 is 1.46 bits per heavy atom. The first-order chi connectivity index (χ1) is 18.1. The maximum Gasteiger partial charge on any atom is 0.247 e.